The third-order valence-electron chi connectivity index (χ3n) is 2.37. The van der Waals surface area contributed by atoms with Gasteiger partial charge in [-0.05, 0) is 24.3 Å². The lowest BCUT2D eigenvalue weighted by Crippen LogP contribution is -2.02. The summed E-state index contributed by atoms with van der Waals surface area (Å²) in [5, 5.41) is 9.20. The van der Waals surface area contributed by atoms with Gasteiger partial charge in [0.25, 0.3) is 0 Å². The smallest absolute Gasteiger partial charge is 0.194 e. The minimum atomic E-state index is -0.173. The Bertz CT molecular complexity index is 614. The van der Waals surface area contributed by atoms with Gasteiger partial charge in [-0.25, -0.2) is 0 Å². The molecule has 2 aromatic carbocycles. The van der Waals surface area contributed by atoms with Gasteiger partial charge in [0.2, 0.25) is 0 Å². The number of benzene rings is 2. The van der Waals surface area contributed by atoms with E-state index in [1.807, 2.05) is 6.07 Å². The van der Waals surface area contributed by atoms with E-state index < -0.39 is 0 Å². The van der Waals surface area contributed by atoms with Gasteiger partial charge in [0.1, 0.15) is 0 Å². The summed E-state index contributed by atoms with van der Waals surface area (Å²) in [4.78, 5) is 12.1. The number of nitriles is 1. The molecule has 0 amide bonds. The van der Waals surface area contributed by atoms with Crippen LogP contribution in [0.25, 0.3) is 0 Å². The molecule has 0 saturated heterocycles. The van der Waals surface area contributed by atoms with Gasteiger partial charge in [-0.2, -0.15) is 5.26 Å². The van der Waals surface area contributed by atoms with Gasteiger partial charge >= 0.3 is 0 Å². The molecule has 2 nitrogen and oxygen atoms in total. The van der Waals surface area contributed by atoms with Crippen molar-refractivity contribution in [3.8, 4) is 6.07 Å². The molecule has 0 aliphatic heterocycles. The number of carbonyl (C=O) groups is 1. The zero-order valence-corrected chi connectivity index (χ0v) is 9.61. The number of nitrogens with zero attached hydrogens (tertiary/aromatic N) is 1. The van der Waals surface area contributed by atoms with E-state index in [0.29, 0.717) is 21.7 Å². The molecule has 0 radical (unpaired) electrons. The van der Waals surface area contributed by atoms with Gasteiger partial charge in [-0.3, -0.25) is 4.79 Å². The zero-order valence-electron chi connectivity index (χ0n) is 8.85. The molecule has 0 fully saturated rings. The summed E-state index contributed by atoms with van der Waals surface area (Å²) >= 11 is 5.96. The maximum Gasteiger partial charge on any atom is 0.194 e. The Balaban J connectivity index is 2.45. The molecule has 0 N–H and O–H groups in total. The zero-order chi connectivity index (χ0) is 12.3. The second-order valence-corrected chi connectivity index (χ2v) is 3.91. The number of rotatable bonds is 2. The summed E-state index contributed by atoms with van der Waals surface area (Å²) in [5.41, 5.74) is 1.38. The van der Waals surface area contributed by atoms with Crippen molar-refractivity contribution in [1.29, 1.82) is 5.26 Å². The molecule has 0 bridgehead atoms. The molecular weight excluding hydrogens is 234 g/mol. The van der Waals surface area contributed by atoms with Crippen LogP contribution in [0.4, 0.5) is 0 Å². The van der Waals surface area contributed by atoms with Gasteiger partial charge in [-0.1, -0.05) is 35.9 Å². The molecule has 0 atom stereocenters. The lowest BCUT2D eigenvalue weighted by molar-refractivity contribution is 0.103. The van der Waals surface area contributed by atoms with E-state index in [4.69, 9.17) is 16.9 Å². The second kappa shape index (κ2) is 4.82. The number of ketones is 1. The van der Waals surface area contributed by atoms with E-state index in [-0.39, 0.29) is 5.78 Å². The van der Waals surface area contributed by atoms with Gasteiger partial charge in [0.05, 0.1) is 16.7 Å². The molecule has 82 valence electrons. The summed E-state index contributed by atoms with van der Waals surface area (Å²) in [6.07, 6.45) is 0. The van der Waals surface area contributed by atoms with E-state index in [0.717, 1.165) is 0 Å². The average molecular weight is 242 g/mol. The highest BCUT2D eigenvalue weighted by Crippen LogP contribution is 2.19. The molecule has 0 unspecified atom stereocenters. The molecule has 0 aromatic heterocycles. The van der Waals surface area contributed by atoms with Gasteiger partial charge < -0.3 is 0 Å². The van der Waals surface area contributed by atoms with Gasteiger partial charge in [0, 0.05) is 11.1 Å². The minimum Gasteiger partial charge on any atom is -0.289 e. The van der Waals surface area contributed by atoms with E-state index in [2.05, 4.69) is 0 Å². The monoisotopic (exact) mass is 241 g/mol. The summed E-state index contributed by atoms with van der Waals surface area (Å²) in [5.74, 6) is -0.173. The van der Waals surface area contributed by atoms with Crippen molar-refractivity contribution in [2.45, 2.75) is 0 Å². The van der Waals surface area contributed by atoms with Crippen LogP contribution < -0.4 is 0 Å². The first kappa shape index (κ1) is 11.4. The first-order valence-corrected chi connectivity index (χ1v) is 5.39. The van der Waals surface area contributed by atoms with E-state index >= 15 is 0 Å². The predicted octanol–water partition coefficient (Wildman–Crippen LogP) is 3.44. The van der Waals surface area contributed by atoms with Crippen LogP contribution in [0, 0.1) is 11.3 Å². The molecule has 0 spiro atoms. The highest BCUT2D eigenvalue weighted by molar-refractivity contribution is 6.34. The maximum absolute atomic E-state index is 12.1. The summed E-state index contributed by atoms with van der Waals surface area (Å²) in [6.45, 7) is 0. The minimum absolute atomic E-state index is 0.173. The van der Waals surface area contributed by atoms with Gasteiger partial charge in [-0.15, -0.1) is 0 Å². The van der Waals surface area contributed by atoms with Crippen molar-refractivity contribution < 1.29 is 4.79 Å². The van der Waals surface area contributed by atoms with Crippen molar-refractivity contribution >= 4 is 17.4 Å². The van der Waals surface area contributed by atoms with Crippen molar-refractivity contribution in [3.63, 3.8) is 0 Å². The topological polar surface area (TPSA) is 40.9 Å². The quantitative estimate of drug-likeness (QED) is 0.756. The summed E-state index contributed by atoms with van der Waals surface area (Å²) < 4.78 is 0. The van der Waals surface area contributed by atoms with Crippen LogP contribution >= 0.6 is 11.6 Å². The van der Waals surface area contributed by atoms with Crippen LogP contribution in [0.15, 0.2) is 48.5 Å². The molecule has 0 heterocycles. The Labute approximate surface area is 104 Å². The van der Waals surface area contributed by atoms with E-state index in [1.165, 1.54) is 0 Å². The second-order valence-electron chi connectivity index (χ2n) is 3.50. The first-order valence-electron chi connectivity index (χ1n) is 5.02. The fourth-order valence-electron chi connectivity index (χ4n) is 1.53. The van der Waals surface area contributed by atoms with E-state index in [1.54, 1.807) is 48.5 Å². The van der Waals surface area contributed by atoms with Crippen molar-refractivity contribution in [1.82, 2.24) is 0 Å². The van der Waals surface area contributed by atoms with Crippen molar-refractivity contribution in [2.75, 3.05) is 0 Å². The average Bonchev–Trinajstić information content (AvgIpc) is 2.38. The Morgan fingerprint density at radius 2 is 1.88 bits per heavy atom. The van der Waals surface area contributed by atoms with Crippen LogP contribution in [0.2, 0.25) is 5.02 Å². The normalized spacial score (nSPS) is 9.65. The SMILES string of the molecule is N#Cc1cccc(C(=O)c2ccccc2Cl)c1. The highest BCUT2D eigenvalue weighted by Gasteiger charge is 2.12. The van der Waals surface area contributed by atoms with Gasteiger partial charge in [0.15, 0.2) is 5.78 Å². The number of hydrogen-bond acceptors (Lipinski definition) is 2. The predicted molar refractivity (Wildman–Crippen MR) is 66.0 cm³/mol. The largest absolute Gasteiger partial charge is 0.289 e. The lowest BCUT2D eigenvalue weighted by atomic mass is 10.0. The van der Waals surface area contributed by atoms with Crippen LogP contribution in [0.3, 0.4) is 0 Å². The molecule has 0 aliphatic carbocycles. The summed E-state index contributed by atoms with van der Waals surface area (Å²) in [6, 6.07) is 15.4. The first-order chi connectivity index (χ1) is 8.22. The van der Waals surface area contributed by atoms with Crippen LogP contribution in [-0.2, 0) is 0 Å². The number of hydrogen-bond donors (Lipinski definition) is 0. The standard InChI is InChI=1S/C14H8ClNO/c15-13-7-2-1-6-12(13)14(17)11-5-3-4-10(8-11)9-16/h1-8H. The Morgan fingerprint density at radius 1 is 1.12 bits per heavy atom. The molecule has 17 heavy (non-hydrogen) atoms. The van der Waals surface area contributed by atoms with Crippen LogP contribution in [0.5, 0.6) is 0 Å². The Morgan fingerprint density at radius 3 is 2.59 bits per heavy atom. The fraction of sp³-hybridized carbons (Fsp3) is 0. The molecule has 0 aliphatic rings. The third kappa shape index (κ3) is 2.35. The van der Waals surface area contributed by atoms with Crippen molar-refractivity contribution in [2.24, 2.45) is 0 Å². The van der Waals surface area contributed by atoms with Crippen LogP contribution in [0.1, 0.15) is 21.5 Å². The molecular formula is C14H8ClNO. The Kier molecular flexibility index (Phi) is 3.22. The third-order valence-corrected chi connectivity index (χ3v) is 2.70. The Hall–Kier alpha value is -2.11. The summed E-state index contributed by atoms with van der Waals surface area (Å²) in [7, 11) is 0. The molecule has 0 saturated carbocycles. The van der Waals surface area contributed by atoms with Crippen molar-refractivity contribution in [3.05, 3.63) is 70.2 Å². The fourth-order valence-corrected chi connectivity index (χ4v) is 1.75. The molecule has 2 aromatic rings. The lowest BCUT2D eigenvalue weighted by Gasteiger charge is -2.03. The molecule has 3 heteroatoms. The maximum atomic E-state index is 12.1. The van der Waals surface area contributed by atoms with Crippen LogP contribution in [-0.4, -0.2) is 5.78 Å². The number of carbonyl (C=O) groups excluding carboxylic acids is 1. The molecule has 2 rings (SSSR count). The highest BCUT2D eigenvalue weighted by atomic mass is 35.5. The van der Waals surface area contributed by atoms with E-state index in [9.17, 15) is 4.79 Å². The number of halogens is 1.